The molecular weight excluding hydrogens is 204 g/mol. The van der Waals surface area contributed by atoms with Gasteiger partial charge in [-0.05, 0) is 17.7 Å². The molecule has 5 heteroatoms. The Balaban J connectivity index is 2.84. The monoisotopic (exact) mass is 213 g/mol. The van der Waals surface area contributed by atoms with Crippen LogP contribution in [0.4, 0.5) is 0 Å². The Labute approximate surface area is 82.4 Å². The lowest BCUT2D eigenvalue weighted by Crippen LogP contribution is -1.97. The molecule has 1 radical (unpaired) electrons. The Bertz CT molecular complexity index is 405. The molecule has 0 fully saturated rings. The molecular formula is C9H9O4S. The molecule has 0 aliphatic carbocycles. The lowest BCUT2D eigenvalue weighted by Gasteiger charge is -2.00. The number of carbonyl (C=O) groups excluding carboxylic acids is 1. The Morgan fingerprint density at radius 1 is 1.29 bits per heavy atom. The van der Waals surface area contributed by atoms with Crippen molar-refractivity contribution in [2.75, 3.05) is 6.26 Å². The van der Waals surface area contributed by atoms with Gasteiger partial charge in [-0.2, -0.15) is 0 Å². The van der Waals surface area contributed by atoms with Crippen molar-refractivity contribution in [3.63, 3.8) is 0 Å². The second-order valence-electron chi connectivity index (χ2n) is 2.79. The molecule has 0 N–H and O–H groups in total. The molecule has 1 rings (SSSR count). The summed E-state index contributed by atoms with van der Waals surface area (Å²) in [4.78, 5) is 10.0. The van der Waals surface area contributed by atoms with Gasteiger partial charge in [0, 0.05) is 6.26 Å². The van der Waals surface area contributed by atoms with E-state index in [9.17, 15) is 13.2 Å². The summed E-state index contributed by atoms with van der Waals surface area (Å²) in [6.07, 6.45) is 1.14. The van der Waals surface area contributed by atoms with E-state index < -0.39 is 9.84 Å². The van der Waals surface area contributed by atoms with Crippen LogP contribution in [0.25, 0.3) is 0 Å². The van der Waals surface area contributed by atoms with Crippen LogP contribution in [-0.2, 0) is 26.0 Å². The van der Waals surface area contributed by atoms with Crippen LogP contribution in [0.15, 0.2) is 29.2 Å². The van der Waals surface area contributed by atoms with Crippen LogP contribution in [0.3, 0.4) is 0 Å². The quantitative estimate of drug-likeness (QED) is 0.737. The first-order valence-corrected chi connectivity index (χ1v) is 5.71. The van der Waals surface area contributed by atoms with Crippen molar-refractivity contribution in [2.24, 2.45) is 0 Å². The van der Waals surface area contributed by atoms with Crippen molar-refractivity contribution in [2.45, 2.75) is 11.5 Å². The van der Waals surface area contributed by atoms with E-state index in [1.165, 1.54) is 18.6 Å². The number of benzene rings is 1. The molecule has 0 spiro atoms. The van der Waals surface area contributed by atoms with Gasteiger partial charge in [0.05, 0.1) is 4.90 Å². The SMILES string of the molecule is CS(=O)(=O)c1ccc(CO[C]=O)cc1. The third kappa shape index (κ3) is 2.85. The van der Waals surface area contributed by atoms with E-state index in [0.717, 1.165) is 11.8 Å². The topological polar surface area (TPSA) is 60.4 Å². The first-order valence-electron chi connectivity index (χ1n) is 3.82. The first kappa shape index (κ1) is 10.7. The number of ether oxygens (including phenoxy) is 1. The summed E-state index contributed by atoms with van der Waals surface area (Å²) in [6, 6.07) is 6.12. The largest absolute Gasteiger partial charge is 0.452 e. The van der Waals surface area contributed by atoms with Gasteiger partial charge in [-0.1, -0.05) is 12.1 Å². The van der Waals surface area contributed by atoms with E-state index in [1.807, 2.05) is 0 Å². The van der Waals surface area contributed by atoms with Crippen molar-refractivity contribution in [3.8, 4) is 0 Å². The summed E-state index contributed by atoms with van der Waals surface area (Å²) in [6.45, 7) is 1.40. The number of hydrogen-bond donors (Lipinski definition) is 0. The average Bonchev–Trinajstić information content (AvgIpc) is 2.14. The highest BCUT2D eigenvalue weighted by molar-refractivity contribution is 7.90. The van der Waals surface area contributed by atoms with E-state index in [1.54, 1.807) is 12.1 Å². The third-order valence-electron chi connectivity index (χ3n) is 1.65. The van der Waals surface area contributed by atoms with Gasteiger partial charge in [-0.15, -0.1) is 0 Å². The fraction of sp³-hybridized carbons (Fsp3) is 0.222. The predicted molar refractivity (Wildman–Crippen MR) is 50.0 cm³/mol. The molecule has 1 aromatic rings. The summed E-state index contributed by atoms with van der Waals surface area (Å²) in [5.74, 6) is 0. The maximum Gasteiger partial charge on any atom is 0.417 e. The van der Waals surface area contributed by atoms with Crippen LogP contribution in [0.2, 0.25) is 0 Å². The highest BCUT2D eigenvalue weighted by atomic mass is 32.2. The molecule has 0 aromatic heterocycles. The lowest BCUT2D eigenvalue weighted by molar-refractivity contribution is 0.267. The minimum absolute atomic E-state index is 0.105. The van der Waals surface area contributed by atoms with Gasteiger partial charge in [-0.3, -0.25) is 0 Å². The van der Waals surface area contributed by atoms with Gasteiger partial charge in [-0.25, -0.2) is 13.2 Å². The molecule has 0 unspecified atom stereocenters. The molecule has 0 heterocycles. The highest BCUT2D eigenvalue weighted by Gasteiger charge is 2.05. The van der Waals surface area contributed by atoms with Gasteiger partial charge < -0.3 is 4.74 Å². The summed E-state index contributed by atoms with van der Waals surface area (Å²) in [5.41, 5.74) is 0.723. The molecule has 0 saturated heterocycles. The van der Waals surface area contributed by atoms with Gasteiger partial charge in [0.2, 0.25) is 0 Å². The summed E-state index contributed by atoms with van der Waals surface area (Å²) in [5, 5.41) is 0. The molecule has 0 amide bonds. The minimum atomic E-state index is -3.16. The fourth-order valence-corrected chi connectivity index (χ4v) is 1.58. The average molecular weight is 213 g/mol. The Morgan fingerprint density at radius 3 is 2.29 bits per heavy atom. The lowest BCUT2D eigenvalue weighted by atomic mass is 10.2. The van der Waals surface area contributed by atoms with Gasteiger partial charge >= 0.3 is 6.47 Å². The third-order valence-corrected chi connectivity index (χ3v) is 2.78. The smallest absolute Gasteiger partial charge is 0.417 e. The summed E-state index contributed by atoms with van der Waals surface area (Å²) >= 11 is 0. The Hall–Kier alpha value is -1.36. The van der Waals surface area contributed by atoms with Gasteiger partial charge in [0.25, 0.3) is 0 Å². The van der Waals surface area contributed by atoms with E-state index >= 15 is 0 Å². The van der Waals surface area contributed by atoms with Crippen LogP contribution in [0, 0.1) is 0 Å². The van der Waals surface area contributed by atoms with Crippen molar-refractivity contribution in [3.05, 3.63) is 29.8 Å². The van der Waals surface area contributed by atoms with Crippen LogP contribution in [0.1, 0.15) is 5.56 Å². The van der Waals surface area contributed by atoms with E-state index in [-0.39, 0.29) is 11.5 Å². The zero-order valence-corrected chi connectivity index (χ0v) is 8.37. The molecule has 14 heavy (non-hydrogen) atoms. The zero-order chi connectivity index (χ0) is 10.6. The number of rotatable bonds is 4. The number of sulfone groups is 1. The Kier molecular flexibility index (Phi) is 3.24. The van der Waals surface area contributed by atoms with Crippen LogP contribution in [0.5, 0.6) is 0 Å². The van der Waals surface area contributed by atoms with E-state index in [2.05, 4.69) is 4.74 Å². The highest BCUT2D eigenvalue weighted by Crippen LogP contribution is 2.10. The second-order valence-corrected chi connectivity index (χ2v) is 4.80. The van der Waals surface area contributed by atoms with Crippen molar-refractivity contribution >= 4 is 16.3 Å². The molecule has 4 nitrogen and oxygen atoms in total. The van der Waals surface area contributed by atoms with Crippen molar-refractivity contribution in [1.82, 2.24) is 0 Å². The van der Waals surface area contributed by atoms with E-state index in [4.69, 9.17) is 0 Å². The maximum absolute atomic E-state index is 11.1. The van der Waals surface area contributed by atoms with E-state index in [0.29, 0.717) is 0 Å². The summed E-state index contributed by atoms with van der Waals surface area (Å²) < 4.78 is 26.5. The van der Waals surface area contributed by atoms with Crippen LogP contribution in [-0.4, -0.2) is 21.1 Å². The van der Waals surface area contributed by atoms with Crippen LogP contribution >= 0.6 is 0 Å². The summed E-state index contributed by atoms with van der Waals surface area (Å²) in [7, 11) is -3.16. The minimum Gasteiger partial charge on any atom is -0.452 e. The van der Waals surface area contributed by atoms with Crippen molar-refractivity contribution < 1.29 is 17.9 Å². The fourth-order valence-electron chi connectivity index (χ4n) is 0.946. The molecule has 0 bridgehead atoms. The Morgan fingerprint density at radius 2 is 1.86 bits per heavy atom. The van der Waals surface area contributed by atoms with Crippen molar-refractivity contribution in [1.29, 1.82) is 0 Å². The zero-order valence-electron chi connectivity index (χ0n) is 7.56. The normalized spacial score (nSPS) is 10.9. The molecule has 0 aliphatic rings. The predicted octanol–water partition coefficient (Wildman–Crippen LogP) is 0.674. The molecule has 75 valence electrons. The van der Waals surface area contributed by atoms with Gasteiger partial charge in [0.1, 0.15) is 6.61 Å². The molecule has 0 atom stereocenters. The van der Waals surface area contributed by atoms with Crippen LogP contribution < -0.4 is 0 Å². The molecule has 0 aliphatic heterocycles. The van der Waals surface area contributed by atoms with Gasteiger partial charge in [0.15, 0.2) is 9.84 Å². The standard InChI is InChI=1S/C9H9O4S/c1-14(11,12)9-4-2-8(3-5-9)6-13-7-10/h2-5H,6H2,1H3. The number of hydrogen-bond acceptors (Lipinski definition) is 4. The second kappa shape index (κ2) is 4.23. The molecule has 1 aromatic carbocycles. The maximum atomic E-state index is 11.1. The first-order chi connectivity index (χ1) is 6.54. The molecule has 0 saturated carbocycles.